The lowest BCUT2D eigenvalue weighted by Gasteiger charge is -2.28. The zero-order valence-corrected chi connectivity index (χ0v) is 18.1. The molecular weight excluding hydrogens is 408 g/mol. The molecule has 0 bridgehead atoms. The Morgan fingerprint density at radius 2 is 1.22 bits per heavy atom. The van der Waals surface area contributed by atoms with Crippen molar-refractivity contribution in [2.24, 2.45) is 23.7 Å². The van der Waals surface area contributed by atoms with Crippen molar-refractivity contribution in [2.75, 3.05) is 0 Å². The van der Waals surface area contributed by atoms with E-state index in [9.17, 15) is 19.2 Å². The molecule has 4 rings (SSSR count). The molecule has 6 atom stereocenters. The fourth-order valence-electron chi connectivity index (χ4n) is 4.94. The topological polar surface area (TPSA) is 86.7 Å². The molecule has 166 valence electrons. The molecule has 6 heteroatoms. The van der Waals surface area contributed by atoms with Crippen LogP contribution < -0.4 is 0 Å². The van der Waals surface area contributed by atoms with Gasteiger partial charge in [0.2, 0.25) is 0 Å². The van der Waals surface area contributed by atoms with Gasteiger partial charge in [-0.05, 0) is 35.8 Å². The highest BCUT2D eigenvalue weighted by Crippen LogP contribution is 2.45. The third-order valence-electron chi connectivity index (χ3n) is 6.83. The van der Waals surface area contributed by atoms with E-state index < -0.39 is 53.5 Å². The van der Waals surface area contributed by atoms with E-state index in [1.165, 1.54) is 0 Å². The first kappa shape index (κ1) is 21.9. The van der Waals surface area contributed by atoms with Crippen molar-refractivity contribution in [2.45, 2.75) is 38.5 Å². The average molecular weight is 434 g/mol. The molecule has 2 aromatic rings. The summed E-state index contributed by atoms with van der Waals surface area (Å²) in [6.07, 6.45) is 0.686. The van der Waals surface area contributed by atoms with Gasteiger partial charge in [0.05, 0.1) is 23.7 Å². The Kier molecular flexibility index (Phi) is 6.21. The van der Waals surface area contributed by atoms with Crippen molar-refractivity contribution in [3.05, 3.63) is 71.8 Å². The monoisotopic (exact) mass is 434 g/mol. The summed E-state index contributed by atoms with van der Waals surface area (Å²) in [6.45, 7) is 3.68. The van der Waals surface area contributed by atoms with Crippen LogP contribution in [-0.2, 0) is 28.7 Å². The number of hydrogen-bond donors (Lipinski definition) is 0. The highest BCUT2D eigenvalue weighted by molar-refractivity contribution is 5.98. The van der Waals surface area contributed by atoms with E-state index in [1.54, 1.807) is 6.92 Å². The highest BCUT2D eigenvalue weighted by atomic mass is 16.6. The van der Waals surface area contributed by atoms with E-state index in [4.69, 9.17) is 9.47 Å². The number of cyclic esters (lactones) is 4. The predicted molar refractivity (Wildman–Crippen MR) is 115 cm³/mol. The Labute approximate surface area is 186 Å². The van der Waals surface area contributed by atoms with Crippen molar-refractivity contribution in [1.82, 2.24) is 0 Å². The van der Waals surface area contributed by atoms with Gasteiger partial charge in [-0.15, -0.1) is 0 Å². The third-order valence-corrected chi connectivity index (χ3v) is 6.83. The van der Waals surface area contributed by atoms with Crippen molar-refractivity contribution in [1.29, 1.82) is 0 Å². The number of hydrogen-bond acceptors (Lipinski definition) is 6. The van der Waals surface area contributed by atoms with Gasteiger partial charge < -0.3 is 9.47 Å². The second-order valence-electron chi connectivity index (χ2n) is 8.81. The SMILES string of the molecule is CC(CC1C(=O)OC(=O)C1C(CC1C(=O)OC(=O)C1C)c1ccccc1)c1ccccc1. The van der Waals surface area contributed by atoms with Gasteiger partial charge in [0, 0.05) is 0 Å². The molecule has 2 aliphatic heterocycles. The number of carbonyl (C=O) groups is 4. The minimum Gasteiger partial charge on any atom is -0.393 e. The molecule has 0 amide bonds. The Morgan fingerprint density at radius 1 is 0.688 bits per heavy atom. The number of carbonyl (C=O) groups excluding carboxylic acids is 4. The van der Waals surface area contributed by atoms with Crippen LogP contribution in [0.3, 0.4) is 0 Å². The van der Waals surface area contributed by atoms with Crippen LogP contribution in [0.25, 0.3) is 0 Å². The van der Waals surface area contributed by atoms with Gasteiger partial charge in [0.15, 0.2) is 0 Å². The maximum absolute atomic E-state index is 12.9. The van der Waals surface area contributed by atoms with Crippen molar-refractivity contribution >= 4 is 23.9 Å². The van der Waals surface area contributed by atoms with E-state index in [0.29, 0.717) is 6.42 Å². The molecular formula is C26H26O6. The second kappa shape index (κ2) is 9.07. The van der Waals surface area contributed by atoms with Gasteiger partial charge in [-0.2, -0.15) is 0 Å². The molecule has 2 heterocycles. The zero-order valence-electron chi connectivity index (χ0n) is 18.1. The lowest BCUT2D eigenvalue weighted by atomic mass is 9.71. The fraction of sp³-hybridized carbons (Fsp3) is 0.385. The number of ether oxygens (including phenoxy) is 2. The Bertz CT molecular complexity index is 1020. The van der Waals surface area contributed by atoms with Crippen LogP contribution in [0.5, 0.6) is 0 Å². The van der Waals surface area contributed by atoms with Crippen molar-refractivity contribution in [3.63, 3.8) is 0 Å². The molecule has 0 spiro atoms. The first-order chi connectivity index (χ1) is 15.4. The molecule has 2 saturated heterocycles. The van der Waals surface area contributed by atoms with Gasteiger partial charge >= 0.3 is 23.9 Å². The van der Waals surface area contributed by atoms with Crippen molar-refractivity contribution < 1.29 is 28.7 Å². The molecule has 0 saturated carbocycles. The summed E-state index contributed by atoms with van der Waals surface area (Å²) in [6, 6.07) is 19.1. The molecule has 2 aromatic carbocycles. The smallest absolute Gasteiger partial charge is 0.318 e. The van der Waals surface area contributed by atoms with Gasteiger partial charge in [0.25, 0.3) is 0 Å². The number of rotatable bonds is 7. The first-order valence-electron chi connectivity index (χ1n) is 11.0. The molecule has 0 aromatic heterocycles. The minimum atomic E-state index is -0.730. The van der Waals surface area contributed by atoms with E-state index in [-0.39, 0.29) is 12.3 Å². The number of benzene rings is 2. The number of esters is 4. The maximum Gasteiger partial charge on any atom is 0.318 e. The standard InChI is InChI=1S/C26H26O6/c1-15(17-9-5-3-6-10-17)13-21-22(26(30)32-25(21)29)20(18-11-7-4-8-12-18)14-19-16(2)23(27)31-24(19)28/h3-12,15-16,19-22H,13-14H2,1-2H3. The van der Waals surface area contributed by atoms with Crippen molar-refractivity contribution in [3.8, 4) is 0 Å². The van der Waals surface area contributed by atoms with Crippen LogP contribution in [0.1, 0.15) is 49.7 Å². The summed E-state index contributed by atoms with van der Waals surface area (Å²) < 4.78 is 9.93. The molecule has 6 unspecified atom stereocenters. The summed E-state index contributed by atoms with van der Waals surface area (Å²) in [5, 5.41) is 0. The highest BCUT2D eigenvalue weighted by Gasteiger charge is 2.51. The zero-order chi connectivity index (χ0) is 22.8. The molecule has 2 fully saturated rings. The Balaban J connectivity index is 1.66. The van der Waals surface area contributed by atoms with Gasteiger partial charge in [-0.25, -0.2) is 0 Å². The largest absolute Gasteiger partial charge is 0.393 e. The van der Waals surface area contributed by atoms with Gasteiger partial charge in [-0.1, -0.05) is 74.5 Å². The van der Waals surface area contributed by atoms with Crippen LogP contribution in [-0.4, -0.2) is 23.9 Å². The van der Waals surface area contributed by atoms with Gasteiger partial charge in [-0.3, -0.25) is 19.2 Å². The van der Waals surface area contributed by atoms with Crippen LogP contribution >= 0.6 is 0 Å². The molecule has 0 N–H and O–H groups in total. The van der Waals surface area contributed by atoms with Crippen LogP contribution in [0.4, 0.5) is 0 Å². The third kappa shape index (κ3) is 4.22. The molecule has 32 heavy (non-hydrogen) atoms. The molecule has 6 nitrogen and oxygen atoms in total. The molecule has 0 radical (unpaired) electrons. The minimum absolute atomic E-state index is 0.0375. The van der Waals surface area contributed by atoms with E-state index >= 15 is 0 Å². The summed E-state index contributed by atoms with van der Waals surface area (Å²) in [5.41, 5.74) is 1.91. The summed E-state index contributed by atoms with van der Waals surface area (Å²) >= 11 is 0. The second-order valence-corrected chi connectivity index (χ2v) is 8.81. The molecule has 0 aliphatic carbocycles. The summed E-state index contributed by atoms with van der Waals surface area (Å²) in [5.74, 6) is -5.25. The quantitative estimate of drug-likeness (QED) is 0.484. The fourth-order valence-corrected chi connectivity index (χ4v) is 4.94. The van der Waals surface area contributed by atoms with E-state index in [0.717, 1.165) is 11.1 Å². The maximum atomic E-state index is 12.9. The first-order valence-corrected chi connectivity index (χ1v) is 11.0. The lowest BCUT2D eigenvalue weighted by Crippen LogP contribution is -2.30. The predicted octanol–water partition coefficient (Wildman–Crippen LogP) is 4.01. The summed E-state index contributed by atoms with van der Waals surface area (Å²) in [4.78, 5) is 49.9. The van der Waals surface area contributed by atoms with E-state index in [1.807, 2.05) is 67.6 Å². The normalized spacial score (nSPS) is 27.2. The average Bonchev–Trinajstić information content (AvgIpc) is 3.20. The summed E-state index contributed by atoms with van der Waals surface area (Å²) in [7, 11) is 0. The van der Waals surface area contributed by atoms with Crippen LogP contribution in [0, 0.1) is 23.7 Å². The van der Waals surface area contributed by atoms with E-state index in [2.05, 4.69) is 0 Å². The Hall–Kier alpha value is -3.28. The Morgan fingerprint density at radius 3 is 1.78 bits per heavy atom. The van der Waals surface area contributed by atoms with Gasteiger partial charge in [0.1, 0.15) is 0 Å². The van der Waals surface area contributed by atoms with Crippen LogP contribution in [0.15, 0.2) is 60.7 Å². The van der Waals surface area contributed by atoms with Crippen LogP contribution in [0.2, 0.25) is 0 Å². The molecule has 2 aliphatic rings. The lowest BCUT2D eigenvalue weighted by molar-refractivity contribution is -0.156.